The quantitative estimate of drug-likeness (QED) is 0.818. The van der Waals surface area contributed by atoms with Crippen LogP contribution in [0.1, 0.15) is 38.5 Å². The van der Waals surface area contributed by atoms with Crippen LogP contribution in [0.15, 0.2) is 0 Å². The summed E-state index contributed by atoms with van der Waals surface area (Å²) in [5, 5.41) is 12.1. The Hall–Kier alpha value is -0.330. The van der Waals surface area contributed by atoms with Gasteiger partial charge in [-0.05, 0) is 25.7 Å². The van der Waals surface area contributed by atoms with E-state index in [0.29, 0.717) is 32.3 Å². The molecule has 2 atom stereocenters. The monoisotopic (exact) mass is 267 g/mol. The minimum atomic E-state index is -4.33. The highest BCUT2D eigenvalue weighted by atomic mass is 19.4. The molecule has 0 amide bonds. The molecule has 1 aliphatic carbocycles. The molecule has 2 aliphatic rings. The summed E-state index contributed by atoms with van der Waals surface area (Å²) in [6, 6.07) is -1.66. The number of aliphatic hydroxyl groups is 1. The summed E-state index contributed by atoms with van der Waals surface area (Å²) in [6.07, 6.45) is -1.11. The lowest BCUT2D eigenvalue weighted by atomic mass is 9.95. The van der Waals surface area contributed by atoms with Gasteiger partial charge >= 0.3 is 6.18 Å². The van der Waals surface area contributed by atoms with Crippen molar-refractivity contribution in [1.29, 1.82) is 0 Å². The van der Waals surface area contributed by atoms with Gasteiger partial charge in [-0.25, -0.2) is 0 Å². The third-order valence-electron chi connectivity index (χ3n) is 4.01. The lowest BCUT2D eigenvalue weighted by molar-refractivity contribution is -0.185. The minimum Gasteiger partial charge on any atom is -0.394 e. The molecule has 0 spiro atoms. The molecule has 0 bridgehead atoms. The van der Waals surface area contributed by atoms with Gasteiger partial charge in [0.25, 0.3) is 0 Å². The predicted octanol–water partition coefficient (Wildman–Crippen LogP) is 1.99. The van der Waals surface area contributed by atoms with Crippen molar-refractivity contribution in [2.45, 2.75) is 62.4 Å². The van der Waals surface area contributed by atoms with Crippen molar-refractivity contribution >= 4 is 0 Å². The molecule has 2 N–H and O–H groups in total. The van der Waals surface area contributed by atoms with E-state index in [4.69, 9.17) is 4.74 Å². The Labute approximate surface area is 105 Å². The Balaban J connectivity index is 2.09. The van der Waals surface area contributed by atoms with E-state index in [2.05, 4.69) is 5.32 Å². The molecule has 1 heterocycles. The zero-order chi connectivity index (χ0) is 13.2. The first-order valence-corrected chi connectivity index (χ1v) is 6.54. The topological polar surface area (TPSA) is 41.5 Å². The first-order valence-electron chi connectivity index (χ1n) is 6.54. The Kier molecular flexibility index (Phi) is 4.18. The second-order valence-electron chi connectivity index (χ2n) is 5.36. The fraction of sp³-hybridized carbons (Fsp3) is 1.00. The highest BCUT2D eigenvalue weighted by Gasteiger charge is 2.50. The molecule has 1 saturated carbocycles. The molecular weight excluding hydrogens is 247 g/mol. The number of alkyl halides is 3. The Morgan fingerprint density at radius 1 is 1.28 bits per heavy atom. The van der Waals surface area contributed by atoms with Crippen LogP contribution in [0.5, 0.6) is 0 Å². The summed E-state index contributed by atoms with van der Waals surface area (Å²) < 4.78 is 44.5. The van der Waals surface area contributed by atoms with Gasteiger partial charge in [-0.1, -0.05) is 12.8 Å². The van der Waals surface area contributed by atoms with Crippen LogP contribution < -0.4 is 5.32 Å². The first-order chi connectivity index (χ1) is 8.47. The van der Waals surface area contributed by atoms with Crippen molar-refractivity contribution in [3.05, 3.63) is 0 Å². The number of aliphatic hydroxyl groups excluding tert-OH is 1. The summed E-state index contributed by atoms with van der Waals surface area (Å²) >= 11 is 0. The number of hydrogen-bond donors (Lipinski definition) is 2. The van der Waals surface area contributed by atoms with E-state index in [1.807, 2.05) is 0 Å². The zero-order valence-electron chi connectivity index (χ0n) is 10.3. The van der Waals surface area contributed by atoms with Crippen molar-refractivity contribution in [1.82, 2.24) is 5.32 Å². The Bertz CT molecular complexity index is 271. The molecule has 0 aromatic heterocycles. The fourth-order valence-corrected chi connectivity index (χ4v) is 2.98. The van der Waals surface area contributed by atoms with Crippen molar-refractivity contribution in [3.8, 4) is 0 Å². The van der Waals surface area contributed by atoms with Gasteiger partial charge in [-0.15, -0.1) is 0 Å². The molecule has 0 radical (unpaired) electrons. The van der Waals surface area contributed by atoms with Crippen LogP contribution >= 0.6 is 0 Å². The van der Waals surface area contributed by atoms with Gasteiger partial charge in [-0.2, -0.15) is 13.2 Å². The Morgan fingerprint density at radius 3 is 2.39 bits per heavy atom. The van der Waals surface area contributed by atoms with E-state index < -0.39 is 23.9 Å². The fourth-order valence-electron chi connectivity index (χ4n) is 2.98. The lowest BCUT2D eigenvalue weighted by Crippen LogP contribution is -2.60. The highest BCUT2D eigenvalue weighted by molar-refractivity contribution is 4.99. The second kappa shape index (κ2) is 5.35. The molecule has 106 valence electrons. The van der Waals surface area contributed by atoms with Crippen molar-refractivity contribution in [2.24, 2.45) is 0 Å². The van der Waals surface area contributed by atoms with E-state index in [9.17, 15) is 18.3 Å². The SMILES string of the molecule is OCC1(NC(C2CCCO2)C(F)(F)F)CCCC1. The van der Waals surface area contributed by atoms with Gasteiger partial charge in [0.2, 0.25) is 0 Å². The van der Waals surface area contributed by atoms with Crippen molar-refractivity contribution < 1.29 is 23.0 Å². The molecule has 1 aliphatic heterocycles. The smallest absolute Gasteiger partial charge is 0.394 e. The molecule has 0 aromatic carbocycles. The van der Waals surface area contributed by atoms with Crippen LogP contribution in [0.3, 0.4) is 0 Å². The van der Waals surface area contributed by atoms with Gasteiger partial charge in [0.1, 0.15) is 6.04 Å². The maximum Gasteiger partial charge on any atom is 0.406 e. The summed E-state index contributed by atoms with van der Waals surface area (Å²) in [5.41, 5.74) is -0.772. The van der Waals surface area contributed by atoms with E-state index in [1.165, 1.54) is 0 Å². The predicted molar refractivity (Wildman–Crippen MR) is 60.2 cm³/mol. The average molecular weight is 267 g/mol. The Morgan fingerprint density at radius 2 is 1.94 bits per heavy atom. The van der Waals surface area contributed by atoms with Gasteiger partial charge in [0, 0.05) is 12.1 Å². The van der Waals surface area contributed by atoms with Crippen LogP contribution in [0, 0.1) is 0 Å². The molecule has 2 unspecified atom stereocenters. The van der Waals surface area contributed by atoms with E-state index in [1.54, 1.807) is 0 Å². The number of rotatable bonds is 4. The minimum absolute atomic E-state index is 0.244. The van der Waals surface area contributed by atoms with E-state index in [0.717, 1.165) is 12.8 Å². The molecule has 18 heavy (non-hydrogen) atoms. The summed E-state index contributed by atoms with van der Waals surface area (Å²) in [7, 11) is 0. The maximum absolute atomic E-state index is 13.1. The van der Waals surface area contributed by atoms with E-state index >= 15 is 0 Å². The molecule has 0 aromatic rings. The standard InChI is InChI=1S/C12H20F3NO2/c13-12(14,15)10(9-4-3-7-18-9)16-11(8-17)5-1-2-6-11/h9-10,16-17H,1-8H2. The molecule has 6 heteroatoms. The summed E-state index contributed by atoms with van der Waals surface area (Å²) in [4.78, 5) is 0. The molecule has 1 saturated heterocycles. The van der Waals surface area contributed by atoms with Crippen molar-refractivity contribution in [2.75, 3.05) is 13.2 Å². The lowest BCUT2D eigenvalue weighted by Gasteiger charge is -2.36. The largest absolute Gasteiger partial charge is 0.406 e. The number of nitrogens with one attached hydrogen (secondary N) is 1. The van der Waals surface area contributed by atoms with Gasteiger partial charge in [-0.3, -0.25) is 5.32 Å². The van der Waals surface area contributed by atoms with Gasteiger partial charge in [0.05, 0.1) is 12.7 Å². The van der Waals surface area contributed by atoms with Crippen LogP contribution in [0.2, 0.25) is 0 Å². The third kappa shape index (κ3) is 2.97. The normalized spacial score (nSPS) is 29.7. The van der Waals surface area contributed by atoms with Crippen LogP contribution in [-0.2, 0) is 4.74 Å². The van der Waals surface area contributed by atoms with Gasteiger partial charge in [0.15, 0.2) is 0 Å². The summed E-state index contributed by atoms with van der Waals surface area (Å²) in [6.45, 7) is 0.150. The van der Waals surface area contributed by atoms with Gasteiger partial charge < -0.3 is 9.84 Å². The number of halogens is 3. The van der Waals surface area contributed by atoms with Crippen LogP contribution in [0.25, 0.3) is 0 Å². The highest BCUT2D eigenvalue weighted by Crippen LogP contribution is 2.35. The number of hydrogen-bond acceptors (Lipinski definition) is 3. The van der Waals surface area contributed by atoms with Crippen LogP contribution in [-0.4, -0.2) is 42.2 Å². The zero-order valence-corrected chi connectivity index (χ0v) is 10.3. The second-order valence-corrected chi connectivity index (χ2v) is 5.36. The third-order valence-corrected chi connectivity index (χ3v) is 4.01. The molecular formula is C12H20F3NO2. The van der Waals surface area contributed by atoms with Crippen molar-refractivity contribution in [3.63, 3.8) is 0 Å². The average Bonchev–Trinajstić information content (AvgIpc) is 2.97. The number of ether oxygens (including phenoxy) is 1. The van der Waals surface area contributed by atoms with E-state index in [-0.39, 0.29) is 6.61 Å². The first kappa shape index (κ1) is 14.1. The van der Waals surface area contributed by atoms with Crippen LogP contribution in [0.4, 0.5) is 13.2 Å². The molecule has 2 fully saturated rings. The molecule has 3 nitrogen and oxygen atoms in total. The maximum atomic E-state index is 13.1. The molecule has 2 rings (SSSR count). The summed E-state index contributed by atoms with van der Waals surface area (Å²) in [5.74, 6) is 0.